The molecule has 0 spiro atoms. The number of rotatable bonds is 0. The highest BCUT2D eigenvalue weighted by atomic mass is 19.4. The molecule has 0 aromatic heterocycles. The van der Waals surface area contributed by atoms with Crippen LogP contribution in [0.1, 0.15) is 11.1 Å². The summed E-state index contributed by atoms with van der Waals surface area (Å²) in [4.78, 5) is 0. The molecule has 0 fully saturated rings. The lowest BCUT2D eigenvalue weighted by Crippen LogP contribution is -2.14. The van der Waals surface area contributed by atoms with E-state index in [1.807, 2.05) is 0 Å². The van der Waals surface area contributed by atoms with Crippen LogP contribution in [0.5, 0.6) is 0 Å². The van der Waals surface area contributed by atoms with Crippen LogP contribution in [0.25, 0.3) is 0 Å². The smallest absolute Gasteiger partial charge is 0.205 e. The second-order valence-electron chi connectivity index (χ2n) is 2.52. The van der Waals surface area contributed by atoms with E-state index in [0.29, 0.717) is 0 Å². The SMILES string of the molecule is N#Cc1cc(F)c(F)c(C(F)(F)F)c1F. The fourth-order valence-electron chi connectivity index (χ4n) is 0.934. The molecule has 0 saturated heterocycles. The van der Waals surface area contributed by atoms with E-state index in [1.54, 1.807) is 0 Å². The fraction of sp³-hybridized carbons (Fsp3) is 0.125. The van der Waals surface area contributed by atoms with Crippen LogP contribution < -0.4 is 0 Å². The summed E-state index contributed by atoms with van der Waals surface area (Å²) in [5.41, 5.74) is -3.58. The monoisotopic (exact) mass is 225 g/mol. The van der Waals surface area contributed by atoms with E-state index >= 15 is 0 Å². The third-order valence-corrected chi connectivity index (χ3v) is 1.56. The van der Waals surface area contributed by atoms with E-state index < -0.39 is 34.8 Å². The average Bonchev–Trinajstić information content (AvgIpc) is 2.09. The van der Waals surface area contributed by atoms with Gasteiger partial charge in [-0.25, -0.2) is 13.2 Å². The first kappa shape index (κ1) is 11.4. The van der Waals surface area contributed by atoms with Gasteiger partial charge in [-0.2, -0.15) is 18.4 Å². The van der Waals surface area contributed by atoms with Crippen LogP contribution in [-0.4, -0.2) is 0 Å². The average molecular weight is 225 g/mol. The standard InChI is InChI=1S/C8HF6N/c9-4-1-3(2-15)6(10)5(7(4)11)8(12,13)14/h1H. The number of benzene rings is 1. The number of alkyl halides is 3. The second-order valence-corrected chi connectivity index (χ2v) is 2.52. The predicted molar refractivity (Wildman–Crippen MR) is 36.0 cm³/mol. The molecule has 0 bridgehead atoms. The van der Waals surface area contributed by atoms with E-state index in [1.165, 1.54) is 0 Å². The van der Waals surface area contributed by atoms with Gasteiger partial charge in [0, 0.05) is 0 Å². The largest absolute Gasteiger partial charge is 0.422 e. The number of hydrogen-bond acceptors (Lipinski definition) is 1. The zero-order chi connectivity index (χ0) is 11.8. The first-order chi connectivity index (χ1) is 6.79. The van der Waals surface area contributed by atoms with Crippen molar-refractivity contribution in [2.75, 3.05) is 0 Å². The Balaban J connectivity index is 3.64. The van der Waals surface area contributed by atoms with Gasteiger partial charge >= 0.3 is 6.18 Å². The predicted octanol–water partition coefficient (Wildman–Crippen LogP) is 2.99. The lowest BCUT2D eigenvalue weighted by molar-refractivity contribution is -0.142. The van der Waals surface area contributed by atoms with Gasteiger partial charge in [0.05, 0.1) is 5.56 Å². The highest BCUT2D eigenvalue weighted by Crippen LogP contribution is 2.35. The number of halogens is 6. The zero-order valence-electron chi connectivity index (χ0n) is 6.79. The molecule has 0 saturated carbocycles. The molecule has 0 aliphatic heterocycles. The summed E-state index contributed by atoms with van der Waals surface area (Å²) < 4.78 is 74.2. The Bertz CT molecular complexity index is 442. The molecule has 0 heterocycles. The van der Waals surface area contributed by atoms with E-state index in [2.05, 4.69) is 0 Å². The number of hydrogen-bond donors (Lipinski definition) is 0. The van der Waals surface area contributed by atoms with Crippen molar-refractivity contribution in [1.29, 1.82) is 5.26 Å². The Morgan fingerprint density at radius 1 is 1.07 bits per heavy atom. The third-order valence-electron chi connectivity index (χ3n) is 1.56. The highest BCUT2D eigenvalue weighted by Gasteiger charge is 2.40. The molecule has 1 rings (SSSR count). The third kappa shape index (κ3) is 1.88. The minimum absolute atomic E-state index is 0.0694. The van der Waals surface area contributed by atoms with Crippen LogP contribution in [0.2, 0.25) is 0 Å². The summed E-state index contributed by atoms with van der Waals surface area (Å²) in [6.45, 7) is 0. The lowest BCUT2D eigenvalue weighted by Gasteiger charge is -2.10. The second kappa shape index (κ2) is 3.46. The molecule has 0 aliphatic rings. The van der Waals surface area contributed by atoms with E-state index in [9.17, 15) is 26.3 Å². The summed E-state index contributed by atoms with van der Waals surface area (Å²) in [5, 5.41) is 8.18. The summed E-state index contributed by atoms with van der Waals surface area (Å²) in [6, 6.07) is 1.06. The molecule has 1 nitrogen and oxygen atoms in total. The summed E-state index contributed by atoms with van der Waals surface area (Å²) in [5.74, 6) is -6.37. The molecule has 1 aromatic carbocycles. The Morgan fingerprint density at radius 2 is 1.60 bits per heavy atom. The molecule has 0 radical (unpaired) electrons. The first-order valence-corrected chi connectivity index (χ1v) is 3.43. The summed E-state index contributed by atoms with van der Waals surface area (Å²) in [7, 11) is 0. The van der Waals surface area contributed by atoms with Crippen LogP contribution >= 0.6 is 0 Å². The maximum atomic E-state index is 12.9. The topological polar surface area (TPSA) is 23.8 Å². The van der Waals surface area contributed by atoms with Crippen LogP contribution in [0.4, 0.5) is 26.3 Å². The van der Waals surface area contributed by atoms with Gasteiger partial charge in [0.15, 0.2) is 17.5 Å². The Morgan fingerprint density at radius 3 is 2.00 bits per heavy atom. The lowest BCUT2D eigenvalue weighted by atomic mass is 10.1. The van der Waals surface area contributed by atoms with Gasteiger partial charge in [-0.1, -0.05) is 0 Å². The molecule has 0 aliphatic carbocycles. The van der Waals surface area contributed by atoms with Crippen molar-refractivity contribution >= 4 is 0 Å². The molecule has 0 N–H and O–H groups in total. The van der Waals surface area contributed by atoms with Gasteiger partial charge in [-0.15, -0.1) is 0 Å². The van der Waals surface area contributed by atoms with Crippen LogP contribution in [0, 0.1) is 28.8 Å². The molecule has 0 amide bonds. The number of nitrogens with zero attached hydrogens (tertiary/aromatic N) is 1. The van der Waals surface area contributed by atoms with Crippen molar-refractivity contribution in [3.63, 3.8) is 0 Å². The number of nitriles is 1. The molecule has 7 heteroatoms. The molecule has 15 heavy (non-hydrogen) atoms. The van der Waals surface area contributed by atoms with Crippen LogP contribution in [0.3, 0.4) is 0 Å². The van der Waals surface area contributed by atoms with Gasteiger partial charge in [-0.3, -0.25) is 0 Å². The Labute approximate surface area is 79.5 Å². The minimum atomic E-state index is -5.39. The van der Waals surface area contributed by atoms with Gasteiger partial charge < -0.3 is 0 Å². The summed E-state index contributed by atoms with van der Waals surface area (Å²) in [6.07, 6.45) is -5.39. The molecule has 80 valence electrons. The normalized spacial score (nSPS) is 11.3. The molecular formula is C8HF6N. The quantitative estimate of drug-likeness (QED) is 0.491. The summed E-state index contributed by atoms with van der Waals surface area (Å²) >= 11 is 0. The first-order valence-electron chi connectivity index (χ1n) is 3.43. The van der Waals surface area contributed by atoms with Crippen molar-refractivity contribution in [1.82, 2.24) is 0 Å². The van der Waals surface area contributed by atoms with E-state index in [-0.39, 0.29) is 6.07 Å². The van der Waals surface area contributed by atoms with Gasteiger partial charge in [-0.05, 0) is 6.07 Å². The molecule has 0 unspecified atom stereocenters. The minimum Gasteiger partial charge on any atom is -0.205 e. The van der Waals surface area contributed by atoms with E-state index in [0.717, 1.165) is 6.07 Å². The van der Waals surface area contributed by atoms with Crippen molar-refractivity contribution in [3.05, 3.63) is 34.6 Å². The molecule has 0 atom stereocenters. The maximum absolute atomic E-state index is 12.9. The molecule has 1 aromatic rings. The van der Waals surface area contributed by atoms with Crippen LogP contribution in [-0.2, 0) is 6.18 Å². The maximum Gasteiger partial charge on any atom is 0.422 e. The Kier molecular flexibility index (Phi) is 2.62. The fourth-order valence-corrected chi connectivity index (χ4v) is 0.934. The molecular weight excluding hydrogens is 224 g/mol. The zero-order valence-corrected chi connectivity index (χ0v) is 6.79. The Hall–Kier alpha value is -1.71. The van der Waals surface area contributed by atoms with E-state index in [4.69, 9.17) is 5.26 Å². The van der Waals surface area contributed by atoms with Crippen molar-refractivity contribution in [3.8, 4) is 6.07 Å². The van der Waals surface area contributed by atoms with Crippen molar-refractivity contribution < 1.29 is 26.3 Å². The van der Waals surface area contributed by atoms with Crippen molar-refractivity contribution in [2.45, 2.75) is 6.18 Å². The van der Waals surface area contributed by atoms with Gasteiger partial charge in [0.1, 0.15) is 11.6 Å². The van der Waals surface area contributed by atoms with Gasteiger partial charge in [0.2, 0.25) is 0 Å². The van der Waals surface area contributed by atoms with Crippen molar-refractivity contribution in [2.24, 2.45) is 0 Å². The highest BCUT2D eigenvalue weighted by molar-refractivity contribution is 5.38. The van der Waals surface area contributed by atoms with Gasteiger partial charge in [0.25, 0.3) is 0 Å². The van der Waals surface area contributed by atoms with Crippen LogP contribution in [0.15, 0.2) is 6.07 Å².